The van der Waals surface area contributed by atoms with Crippen LogP contribution < -0.4 is 9.88 Å². The second-order valence-corrected chi connectivity index (χ2v) is 7.31. The number of rotatable bonds is 4. The van der Waals surface area contributed by atoms with Crippen LogP contribution in [-0.4, -0.2) is 50.5 Å². The molecule has 23 heavy (non-hydrogen) atoms. The molecule has 9 heteroatoms. The number of amides is 1. The Bertz CT molecular complexity index is 761. The summed E-state index contributed by atoms with van der Waals surface area (Å²) in [4.78, 5) is 25.1. The Hall–Kier alpha value is -2.13. The molecule has 1 amide bonds. The third kappa shape index (κ3) is 3.30. The van der Waals surface area contributed by atoms with Crippen molar-refractivity contribution in [1.29, 1.82) is 0 Å². The number of hydrogen-bond acceptors (Lipinski definition) is 5. The minimum Gasteiger partial charge on any atom is -0.496 e. The van der Waals surface area contributed by atoms with Gasteiger partial charge < -0.3 is 14.7 Å². The predicted molar refractivity (Wildman–Crippen MR) is 80.6 cm³/mol. The van der Waals surface area contributed by atoms with Crippen LogP contribution >= 0.6 is 0 Å². The lowest BCUT2D eigenvalue weighted by atomic mass is 9.90. The van der Waals surface area contributed by atoms with E-state index in [2.05, 4.69) is 0 Å². The summed E-state index contributed by atoms with van der Waals surface area (Å²) in [5, 5.41) is 14.3. The molecule has 8 nitrogen and oxygen atoms in total. The van der Waals surface area contributed by atoms with Crippen molar-refractivity contribution in [1.82, 2.24) is 4.90 Å². The molecule has 0 spiro atoms. The number of aliphatic carboxylic acids is 1. The van der Waals surface area contributed by atoms with Gasteiger partial charge in [-0.15, -0.1) is 0 Å². The van der Waals surface area contributed by atoms with Gasteiger partial charge in [0.2, 0.25) is 10.0 Å². The average molecular weight is 342 g/mol. The molecule has 0 aliphatic carbocycles. The number of primary sulfonamides is 1. The summed E-state index contributed by atoms with van der Waals surface area (Å²) in [6.45, 7) is 1.88. The van der Waals surface area contributed by atoms with Crippen molar-refractivity contribution in [3.63, 3.8) is 0 Å². The van der Waals surface area contributed by atoms with Crippen LogP contribution in [0.4, 0.5) is 0 Å². The van der Waals surface area contributed by atoms with E-state index in [1.54, 1.807) is 6.92 Å². The summed E-state index contributed by atoms with van der Waals surface area (Å²) in [5.41, 5.74) is -0.978. The van der Waals surface area contributed by atoms with E-state index in [0.29, 0.717) is 6.42 Å². The van der Waals surface area contributed by atoms with E-state index in [0.717, 1.165) is 6.07 Å². The maximum Gasteiger partial charge on any atom is 0.311 e. The highest BCUT2D eigenvalue weighted by molar-refractivity contribution is 7.89. The van der Waals surface area contributed by atoms with Crippen LogP contribution in [-0.2, 0) is 14.8 Å². The van der Waals surface area contributed by atoms with E-state index in [1.807, 2.05) is 0 Å². The van der Waals surface area contributed by atoms with Crippen LogP contribution in [0.25, 0.3) is 0 Å². The van der Waals surface area contributed by atoms with Crippen molar-refractivity contribution in [2.24, 2.45) is 10.6 Å². The molecule has 0 saturated carbocycles. The molecule has 0 radical (unpaired) electrons. The van der Waals surface area contributed by atoms with Crippen molar-refractivity contribution >= 4 is 21.9 Å². The standard InChI is InChI=1S/C14H18N2O6S/c1-14(13(18)19)5-6-16(8-14)12(17)10-7-9(23(15,20)21)3-4-11(10)22-2/h3-4,7H,5-6,8H2,1-2H3,(H,18,19)(H2,15,20,21)/t14-/m1/s1. The first-order valence-corrected chi connectivity index (χ1v) is 8.36. The van der Waals surface area contributed by atoms with Gasteiger partial charge in [-0.05, 0) is 31.5 Å². The second kappa shape index (κ2) is 5.82. The molecule has 1 fully saturated rings. The van der Waals surface area contributed by atoms with Gasteiger partial charge in [-0.3, -0.25) is 9.59 Å². The molecule has 0 aromatic heterocycles. The smallest absolute Gasteiger partial charge is 0.311 e. The van der Waals surface area contributed by atoms with Gasteiger partial charge in [-0.1, -0.05) is 0 Å². The van der Waals surface area contributed by atoms with Crippen LogP contribution in [0.1, 0.15) is 23.7 Å². The predicted octanol–water partition coefficient (Wildman–Crippen LogP) is 0.279. The Morgan fingerprint density at radius 1 is 1.39 bits per heavy atom. The van der Waals surface area contributed by atoms with Gasteiger partial charge in [0.1, 0.15) is 5.75 Å². The largest absolute Gasteiger partial charge is 0.496 e. The van der Waals surface area contributed by atoms with Crippen molar-refractivity contribution < 1.29 is 27.9 Å². The van der Waals surface area contributed by atoms with Crippen LogP contribution in [0.3, 0.4) is 0 Å². The van der Waals surface area contributed by atoms with Gasteiger partial charge in [0, 0.05) is 13.1 Å². The van der Waals surface area contributed by atoms with E-state index in [1.165, 1.54) is 24.1 Å². The third-order valence-electron chi connectivity index (χ3n) is 4.01. The highest BCUT2D eigenvalue weighted by Gasteiger charge is 2.42. The van der Waals surface area contributed by atoms with Gasteiger partial charge in [0.05, 0.1) is 23.0 Å². The Morgan fingerprint density at radius 3 is 2.52 bits per heavy atom. The van der Waals surface area contributed by atoms with E-state index in [9.17, 15) is 23.1 Å². The minimum absolute atomic E-state index is 0.0358. The lowest BCUT2D eigenvalue weighted by molar-refractivity contribution is -0.147. The lowest BCUT2D eigenvalue weighted by Gasteiger charge is -2.21. The SMILES string of the molecule is COc1ccc(S(N)(=O)=O)cc1C(=O)N1CC[C@@](C)(C(=O)O)C1. The van der Waals surface area contributed by atoms with E-state index < -0.39 is 27.3 Å². The molecule has 0 unspecified atom stereocenters. The number of methoxy groups -OCH3 is 1. The number of carbonyl (C=O) groups is 2. The number of carbonyl (C=O) groups excluding carboxylic acids is 1. The van der Waals surface area contributed by atoms with Crippen LogP contribution in [0.2, 0.25) is 0 Å². The Balaban J connectivity index is 2.38. The van der Waals surface area contributed by atoms with Gasteiger partial charge in [-0.2, -0.15) is 0 Å². The van der Waals surface area contributed by atoms with Crippen molar-refractivity contribution in [3.05, 3.63) is 23.8 Å². The molecular formula is C14H18N2O6S. The number of nitrogens with two attached hydrogens (primary N) is 1. The van der Waals surface area contributed by atoms with Crippen molar-refractivity contribution in [2.45, 2.75) is 18.2 Å². The second-order valence-electron chi connectivity index (χ2n) is 5.75. The number of nitrogens with zero attached hydrogens (tertiary/aromatic N) is 1. The fourth-order valence-corrected chi connectivity index (χ4v) is 3.05. The first-order valence-electron chi connectivity index (χ1n) is 6.82. The summed E-state index contributed by atoms with van der Waals surface area (Å²) in [7, 11) is -2.61. The molecule has 1 aliphatic rings. The number of sulfonamides is 1. The molecule has 1 aromatic rings. The fourth-order valence-electron chi connectivity index (χ4n) is 2.51. The third-order valence-corrected chi connectivity index (χ3v) is 4.92. The zero-order chi connectivity index (χ0) is 17.4. The summed E-state index contributed by atoms with van der Waals surface area (Å²) in [6.07, 6.45) is 0.325. The van der Waals surface area contributed by atoms with E-state index in [-0.39, 0.29) is 29.3 Å². The van der Waals surface area contributed by atoms with Gasteiger partial charge in [0.15, 0.2) is 0 Å². The number of carboxylic acid groups (broad SMARTS) is 1. The molecule has 1 atom stereocenters. The summed E-state index contributed by atoms with van der Waals surface area (Å²) in [5.74, 6) is -1.26. The normalized spacial score (nSPS) is 21.3. The fraction of sp³-hybridized carbons (Fsp3) is 0.429. The highest BCUT2D eigenvalue weighted by atomic mass is 32.2. The number of likely N-dealkylation sites (tertiary alicyclic amines) is 1. The zero-order valence-corrected chi connectivity index (χ0v) is 13.6. The molecule has 0 bridgehead atoms. The first-order chi connectivity index (χ1) is 10.6. The van der Waals surface area contributed by atoms with E-state index >= 15 is 0 Å². The zero-order valence-electron chi connectivity index (χ0n) is 12.8. The summed E-state index contributed by atoms with van der Waals surface area (Å²) < 4.78 is 28.0. The van der Waals surface area contributed by atoms with Gasteiger partial charge in [0.25, 0.3) is 5.91 Å². The molecular weight excluding hydrogens is 324 g/mol. The van der Waals surface area contributed by atoms with Crippen molar-refractivity contribution in [3.8, 4) is 5.75 Å². The molecule has 1 heterocycles. The topological polar surface area (TPSA) is 127 Å². The lowest BCUT2D eigenvalue weighted by Crippen LogP contribution is -2.35. The Morgan fingerprint density at radius 2 is 2.04 bits per heavy atom. The van der Waals surface area contributed by atoms with Gasteiger partial charge in [-0.25, -0.2) is 13.6 Å². The minimum atomic E-state index is -3.96. The maximum atomic E-state index is 12.6. The number of carboxylic acids is 1. The Kier molecular flexibility index (Phi) is 4.36. The first kappa shape index (κ1) is 17.2. The highest BCUT2D eigenvalue weighted by Crippen LogP contribution is 2.32. The average Bonchev–Trinajstić information content (AvgIpc) is 2.89. The monoisotopic (exact) mass is 342 g/mol. The summed E-state index contributed by atoms with van der Waals surface area (Å²) in [6, 6.07) is 3.74. The molecule has 2 rings (SSSR count). The number of benzene rings is 1. The maximum absolute atomic E-state index is 12.6. The molecule has 1 saturated heterocycles. The molecule has 126 valence electrons. The molecule has 3 N–H and O–H groups in total. The number of hydrogen-bond donors (Lipinski definition) is 2. The quantitative estimate of drug-likeness (QED) is 0.809. The summed E-state index contributed by atoms with van der Waals surface area (Å²) >= 11 is 0. The van der Waals surface area contributed by atoms with Crippen LogP contribution in [0, 0.1) is 5.41 Å². The van der Waals surface area contributed by atoms with Crippen LogP contribution in [0.15, 0.2) is 23.1 Å². The van der Waals surface area contributed by atoms with Crippen molar-refractivity contribution in [2.75, 3.05) is 20.2 Å². The van der Waals surface area contributed by atoms with Gasteiger partial charge >= 0.3 is 5.97 Å². The number of ether oxygens (including phenoxy) is 1. The van der Waals surface area contributed by atoms with Crippen LogP contribution in [0.5, 0.6) is 5.75 Å². The Labute approximate surface area is 133 Å². The molecule has 1 aliphatic heterocycles. The molecule has 1 aromatic carbocycles. The van der Waals surface area contributed by atoms with E-state index in [4.69, 9.17) is 9.88 Å².